The first-order valence-electron chi connectivity index (χ1n) is 4.18. The minimum atomic E-state index is -4.56. The predicted octanol–water partition coefficient (Wildman–Crippen LogP) is 3.25. The molecule has 1 aromatic rings. The van der Waals surface area contributed by atoms with Crippen LogP contribution >= 0.6 is 11.6 Å². The van der Waals surface area contributed by atoms with Gasteiger partial charge in [0, 0.05) is 11.1 Å². The lowest BCUT2D eigenvalue weighted by Gasteiger charge is -2.14. The highest BCUT2D eigenvalue weighted by molar-refractivity contribution is 6.67. The zero-order valence-electron chi connectivity index (χ0n) is 7.62. The SMILES string of the molecule is O=[14C](Cl)c1ccc(C2(C(F)(F)F)N=N2)cc1. The van der Waals surface area contributed by atoms with E-state index in [2.05, 4.69) is 10.2 Å². The summed E-state index contributed by atoms with van der Waals surface area (Å²) in [5.74, 6) is 0. The van der Waals surface area contributed by atoms with Gasteiger partial charge in [0.05, 0.1) is 0 Å². The number of rotatable bonds is 2. The van der Waals surface area contributed by atoms with Crippen LogP contribution in [0, 0.1) is 0 Å². The molecule has 0 aromatic heterocycles. The summed E-state index contributed by atoms with van der Waals surface area (Å²) >= 11 is 5.17. The van der Waals surface area contributed by atoms with Crippen LogP contribution in [-0.2, 0) is 5.66 Å². The van der Waals surface area contributed by atoms with E-state index in [4.69, 9.17) is 11.6 Å². The molecule has 7 heteroatoms. The molecule has 3 nitrogen and oxygen atoms in total. The molecule has 16 heavy (non-hydrogen) atoms. The third kappa shape index (κ3) is 1.59. The van der Waals surface area contributed by atoms with Gasteiger partial charge in [-0.25, -0.2) is 0 Å². The summed E-state index contributed by atoms with van der Waals surface area (Å²) in [7, 11) is 0. The van der Waals surface area contributed by atoms with Crippen LogP contribution in [0.4, 0.5) is 13.2 Å². The van der Waals surface area contributed by atoms with Crippen LogP contribution in [0.5, 0.6) is 0 Å². The normalized spacial score (nSPS) is 17.2. The lowest BCUT2D eigenvalue weighted by atomic mass is 10.0. The Bertz CT molecular complexity index is 461. The van der Waals surface area contributed by atoms with Gasteiger partial charge in [0.1, 0.15) is 0 Å². The summed E-state index contributed by atoms with van der Waals surface area (Å²) in [6.45, 7) is 0. The Morgan fingerprint density at radius 2 is 1.69 bits per heavy atom. The first-order valence-corrected chi connectivity index (χ1v) is 4.56. The number of hydrogen-bond donors (Lipinski definition) is 0. The summed E-state index contributed by atoms with van der Waals surface area (Å²) < 4.78 is 37.7. The van der Waals surface area contributed by atoms with Crippen molar-refractivity contribution in [2.75, 3.05) is 0 Å². The number of alkyl halides is 3. The lowest BCUT2D eigenvalue weighted by molar-refractivity contribution is -0.166. The fourth-order valence-corrected chi connectivity index (χ4v) is 1.40. The molecule has 0 aliphatic carbocycles. The standard InChI is InChI=1S/C9H4ClF3N2O/c10-7(16)5-1-3-6(4-2-5)8(14-15-8)9(11,12)13/h1-4H/i7+2. The molecular weight excluding hydrogens is 247 g/mol. The van der Waals surface area contributed by atoms with E-state index in [1.165, 1.54) is 12.1 Å². The fraction of sp³-hybridized carbons (Fsp3) is 0.222. The second kappa shape index (κ2) is 3.28. The lowest BCUT2D eigenvalue weighted by Crippen LogP contribution is -2.30. The van der Waals surface area contributed by atoms with Crippen LogP contribution in [0.15, 0.2) is 34.5 Å². The van der Waals surface area contributed by atoms with Crippen molar-refractivity contribution in [2.45, 2.75) is 11.8 Å². The van der Waals surface area contributed by atoms with Crippen molar-refractivity contribution in [1.29, 1.82) is 0 Å². The summed E-state index contributed by atoms with van der Waals surface area (Å²) in [5.41, 5.74) is -2.44. The van der Waals surface area contributed by atoms with E-state index < -0.39 is 17.1 Å². The maximum Gasteiger partial charge on any atom is 0.442 e. The molecule has 0 N–H and O–H groups in total. The van der Waals surface area contributed by atoms with Crippen LogP contribution in [0.1, 0.15) is 15.9 Å². The highest BCUT2D eigenvalue weighted by Gasteiger charge is 2.65. The molecule has 0 atom stereocenters. The molecular formula is C9H4ClF3N2O. The van der Waals surface area contributed by atoms with Crippen molar-refractivity contribution in [3.8, 4) is 0 Å². The second-order valence-electron chi connectivity index (χ2n) is 3.22. The smallest absolute Gasteiger partial charge is 0.276 e. The number of hydrogen-bond acceptors (Lipinski definition) is 3. The largest absolute Gasteiger partial charge is 0.442 e. The molecule has 0 saturated heterocycles. The number of halogens is 4. The first kappa shape index (κ1) is 11.1. The number of benzene rings is 1. The van der Waals surface area contributed by atoms with Crippen LogP contribution in [-0.4, -0.2) is 11.4 Å². The van der Waals surface area contributed by atoms with E-state index in [9.17, 15) is 18.0 Å². The maximum absolute atomic E-state index is 12.6. The molecule has 0 saturated carbocycles. The molecule has 0 radical (unpaired) electrons. The van der Waals surface area contributed by atoms with E-state index in [1.807, 2.05) is 0 Å². The quantitative estimate of drug-likeness (QED) is 0.743. The van der Waals surface area contributed by atoms with E-state index in [-0.39, 0.29) is 11.1 Å². The van der Waals surface area contributed by atoms with Crippen LogP contribution in [0.3, 0.4) is 0 Å². The Morgan fingerprint density at radius 3 is 2.00 bits per heavy atom. The van der Waals surface area contributed by atoms with Crippen molar-refractivity contribution in [3.05, 3.63) is 35.4 Å². The van der Waals surface area contributed by atoms with Crippen molar-refractivity contribution in [1.82, 2.24) is 0 Å². The van der Waals surface area contributed by atoms with Crippen molar-refractivity contribution in [2.24, 2.45) is 10.2 Å². The van der Waals surface area contributed by atoms with Gasteiger partial charge in [0.2, 0.25) is 0 Å². The fourth-order valence-electron chi connectivity index (χ4n) is 1.28. The average molecular weight is 251 g/mol. The Kier molecular flexibility index (Phi) is 2.27. The van der Waals surface area contributed by atoms with Gasteiger partial charge >= 0.3 is 11.8 Å². The predicted molar refractivity (Wildman–Crippen MR) is 49.2 cm³/mol. The van der Waals surface area contributed by atoms with E-state index in [0.29, 0.717) is 0 Å². The van der Waals surface area contributed by atoms with Gasteiger partial charge in [-0.05, 0) is 23.7 Å². The van der Waals surface area contributed by atoms with Gasteiger partial charge in [-0.3, -0.25) is 4.79 Å². The number of nitrogens with zero attached hydrogens (tertiary/aromatic N) is 2. The Balaban J connectivity index is 2.33. The molecule has 0 unspecified atom stereocenters. The van der Waals surface area contributed by atoms with Gasteiger partial charge in [-0.1, -0.05) is 12.1 Å². The van der Waals surface area contributed by atoms with Crippen molar-refractivity contribution in [3.63, 3.8) is 0 Å². The molecule has 1 heterocycles. The Morgan fingerprint density at radius 1 is 1.19 bits per heavy atom. The highest BCUT2D eigenvalue weighted by Crippen LogP contribution is 2.52. The molecule has 0 fully saturated rings. The molecule has 2 rings (SSSR count). The minimum Gasteiger partial charge on any atom is -0.276 e. The maximum atomic E-state index is 12.6. The summed E-state index contributed by atoms with van der Waals surface area (Å²) in [6, 6.07) is 4.70. The van der Waals surface area contributed by atoms with Crippen LogP contribution < -0.4 is 0 Å². The minimum absolute atomic E-state index is 0.123. The first-order chi connectivity index (χ1) is 7.37. The molecule has 1 aromatic carbocycles. The van der Waals surface area contributed by atoms with Crippen molar-refractivity contribution >= 4 is 16.8 Å². The third-order valence-electron chi connectivity index (χ3n) is 2.21. The Hall–Kier alpha value is -1.43. The second-order valence-corrected chi connectivity index (χ2v) is 3.56. The highest BCUT2D eigenvalue weighted by atomic mass is 35.5. The summed E-state index contributed by atoms with van der Waals surface area (Å²) in [6.07, 6.45) is -4.56. The average Bonchev–Trinajstić information content (AvgIpc) is 2.97. The van der Waals surface area contributed by atoms with Crippen LogP contribution in [0.2, 0.25) is 0 Å². The molecule has 1 aliphatic heterocycles. The van der Waals surface area contributed by atoms with Crippen molar-refractivity contribution < 1.29 is 18.0 Å². The van der Waals surface area contributed by atoms with E-state index in [1.54, 1.807) is 0 Å². The molecule has 84 valence electrons. The Labute approximate surface area is 92.9 Å². The molecule has 1 aliphatic rings. The monoisotopic (exact) mass is 250 g/mol. The van der Waals surface area contributed by atoms with Gasteiger partial charge in [-0.15, -0.1) is 10.2 Å². The van der Waals surface area contributed by atoms with Gasteiger partial charge in [0.25, 0.3) is 5.24 Å². The summed E-state index contributed by atoms with van der Waals surface area (Å²) in [4.78, 5) is 10.7. The number of carbonyl (C=O) groups excluding carboxylic acids is 1. The number of carbonyl (C=O) groups is 1. The molecule has 0 bridgehead atoms. The molecule has 0 spiro atoms. The van der Waals surface area contributed by atoms with E-state index >= 15 is 0 Å². The topological polar surface area (TPSA) is 41.8 Å². The third-order valence-corrected chi connectivity index (χ3v) is 2.43. The van der Waals surface area contributed by atoms with E-state index in [0.717, 1.165) is 12.1 Å². The molecule has 0 amide bonds. The zero-order chi connectivity index (χ0) is 12.0. The van der Waals surface area contributed by atoms with Crippen LogP contribution in [0.25, 0.3) is 0 Å². The van der Waals surface area contributed by atoms with Gasteiger partial charge < -0.3 is 0 Å². The van der Waals surface area contributed by atoms with Gasteiger partial charge in [0.15, 0.2) is 0 Å². The summed E-state index contributed by atoms with van der Waals surface area (Å²) in [5, 5.41) is 5.34. The van der Waals surface area contributed by atoms with Gasteiger partial charge in [-0.2, -0.15) is 13.2 Å². The zero-order valence-corrected chi connectivity index (χ0v) is 8.38.